The molecule has 40 heavy (non-hydrogen) atoms. The van der Waals surface area contributed by atoms with Gasteiger partial charge in [0.15, 0.2) is 11.6 Å². The van der Waals surface area contributed by atoms with Crippen molar-refractivity contribution in [1.82, 2.24) is 0 Å². The van der Waals surface area contributed by atoms with E-state index in [0.717, 1.165) is 27.1 Å². The minimum absolute atomic E-state index is 0.0309. The van der Waals surface area contributed by atoms with Crippen LogP contribution in [0.4, 0.5) is 20.2 Å². The van der Waals surface area contributed by atoms with E-state index in [-0.39, 0.29) is 22.8 Å². The number of benzene rings is 5. The molecule has 0 spiro atoms. The molecule has 1 aliphatic carbocycles. The molecule has 194 valence electrons. The van der Waals surface area contributed by atoms with E-state index in [2.05, 4.69) is 0 Å². The van der Waals surface area contributed by atoms with Gasteiger partial charge in [-0.1, -0.05) is 74.5 Å². The predicted molar refractivity (Wildman–Crippen MR) is 154 cm³/mol. The van der Waals surface area contributed by atoms with Crippen LogP contribution >= 0.6 is 0 Å². The zero-order valence-electron chi connectivity index (χ0n) is 21.8. The van der Waals surface area contributed by atoms with Gasteiger partial charge in [0.05, 0.1) is 11.3 Å². The van der Waals surface area contributed by atoms with Crippen LogP contribution < -0.4 is 4.90 Å². The largest absolute Gasteiger partial charge is 0.308 e. The zero-order chi connectivity index (χ0) is 27.8. The SMILES string of the molecule is CC1(C)/C(=C\C=C2C(=O)c3cc4ccccc4cc3C2=O)N(c2c(F)cccc2F)c2ccc3ccccc3c21. The van der Waals surface area contributed by atoms with Crippen LogP contribution in [0.5, 0.6) is 0 Å². The van der Waals surface area contributed by atoms with E-state index in [4.69, 9.17) is 0 Å². The molecule has 1 heterocycles. The van der Waals surface area contributed by atoms with E-state index >= 15 is 8.78 Å². The summed E-state index contributed by atoms with van der Waals surface area (Å²) in [5.74, 6) is -2.13. The maximum absolute atomic E-state index is 15.3. The first-order chi connectivity index (χ1) is 19.3. The van der Waals surface area contributed by atoms with Crippen molar-refractivity contribution in [3.05, 3.63) is 143 Å². The summed E-state index contributed by atoms with van der Waals surface area (Å²) in [5.41, 5.74) is 1.96. The minimum Gasteiger partial charge on any atom is -0.308 e. The lowest BCUT2D eigenvalue weighted by Crippen LogP contribution is -2.24. The van der Waals surface area contributed by atoms with Crippen molar-refractivity contribution < 1.29 is 18.4 Å². The summed E-state index contributed by atoms with van der Waals surface area (Å²) in [4.78, 5) is 28.4. The Labute approximate surface area is 229 Å². The van der Waals surface area contributed by atoms with Gasteiger partial charge in [0.25, 0.3) is 0 Å². The average Bonchev–Trinajstić information content (AvgIpc) is 3.31. The van der Waals surface area contributed by atoms with Gasteiger partial charge in [-0.05, 0) is 69.6 Å². The van der Waals surface area contributed by atoms with Crippen LogP contribution in [0.1, 0.15) is 40.1 Å². The fraction of sp³-hybridized carbons (Fsp3) is 0.0857. The van der Waals surface area contributed by atoms with E-state index in [1.54, 1.807) is 23.1 Å². The van der Waals surface area contributed by atoms with Crippen molar-refractivity contribution >= 4 is 44.5 Å². The summed E-state index contributed by atoms with van der Waals surface area (Å²) in [6, 6.07) is 26.6. The number of para-hydroxylation sites is 1. The van der Waals surface area contributed by atoms with Crippen molar-refractivity contribution in [3.8, 4) is 0 Å². The number of ketones is 2. The van der Waals surface area contributed by atoms with Gasteiger partial charge in [0.2, 0.25) is 0 Å². The molecule has 0 N–H and O–H groups in total. The summed E-state index contributed by atoms with van der Waals surface area (Å²) in [6.45, 7) is 3.97. The first kappa shape index (κ1) is 24.2. The van der Waals surface area contributed by atoms with Crippen LogP contribution in [0.3, 0.4) is 0 Å². The maximum atomic E-state index is 15.3. The first-order valence-corrected chi connectivity index (χ1v) is 13.1. The summed E-state index contributed by atoms with van der Waals surface area (Å²) in [6.07, 6.45) is 3.17. The number of anilines is 2. The Morgan fingerprint density at radius 2 is 1.25 bits per heavy atom. The molecular formula is C35H23F2NO2. The Hall–Kier alpha value is -4.90. The smallest absolute Gasteiger partial charge is 0.197 e. The van der Waals surface area contributed by atoms with Gasteiger partial charge in [-0.15, -0.1) is 0 Å². The number of hydrogen-bond donors (Lipinski definition) is 0. The number of allylic oxidation sites excluding steroid dienone is 4. The summed E-state index contributed by atoms with van der Waals surface area (Å²) in [5, 5.41) is 3.73. The van der Waals surface area contributed by atoms with Gasteiger partial charge in [-0.25, -0.2) is 8.78 Å². The second-order valence-corrected chi connectivity index (χ2v) is 10.7. The summed E-state index contributed by atoms with van der Waals surface area (Å²) < 4.78 is 30.6. The molecule has 0 radical (unpaired) electrons. The van der Waals surface area contributed by atoms with E-state index in [1.165, 1.54) is 24.3 Å². The number of fused-ring (bicyclic) bond motifs is 5. The molecule has 2 aliphatic rings. The molecule has 3 nitrogen and oxygen atoms in total. The molecule has 0 fully saturated rings. The molecule has 1 aliphatic heterocycles. The van der Waals surface area contributed by atoms with Crippen molar-refractivity contribution in [2.45, 2.75) is 19.3 Å². The van der Waals surface area contributed by atoms with Crippen molar-refractivity contribution in [3.63, 3.8) is 0 Å². The van der Waals surface area contributed by atoms with E-state index in [9.17, 15) is 9.59 Å². The van der Waals surface area contributed by atoms with Crippen molar-refractivity contribution in [2.75, 3.05) is 4.90 Å². The molecule has 0 amide bonds. The fourth-order valence-electron chi connectivity index (χ4n) is 6.19. The minimum atomic E-state index is -0.714. The molecule has 0 bridgehead atoms. The molecule has 7 rings (SSSR count). The molecule has 5 heteroatoms. The van der Waals surface area contributed by atoms with E-state index < -0.39 is 17.0 Å². The lowest BCUT2D eigenvalue weighted by molar-refractivity contribution is 0.0988. The number of carbonyl (C=O) groups excluding carboxylic acids is 2. The molecular weight excluding hydrogens is 504 g/mol. The van der Waals surface area contributed by atoms with E-state index in [0.29, 0.717) is 22.5 Å². The van der Waals surface area contributed by atoms with Gasteiger partial charge in [0.1, 0.15) is 17.3 Å². The highest BCUT2D eigenvalue weighted by Crippen LogP contribution is 2.54. The van der Waals surface area contributed by atoms with Crippen LogP contribution in [0.15, 0.2) is 114 Å². The molecule has 0 atom stereocenters. The van der Waals surface area contributed by atoms with Gasteiger partial charge in [-0.3, -0.25) is 9.59 Å². The summed E-state index contributed by atoms with van der Waals surface area (Å²) in [7, 11) is 0. The third kappa shape index (κ3) is 3.34. The Morgan fingerprint density at radius 3 is 1.88 bits per heavy atom. The number of halogens is 2. The van der Waals surface area contributed by atoms with E-state index in [1.807, 2.05) is 74.5 Å². The molecule has 5 aromatic rings. The van der Waals surface area contributed by atoms with Crippen molar-refractivity contribution in [2.24, 2.45) is 0 Å². The quantitative estimate of drug-likeness (QED) is 0.170. The highest BCUT2D eigenvalue weighted by molar-refractivity contribution is 6.40. The zero-order valence-corrected chi connectivity index (χ0v) is 21.8. The Balaban J connectivity index is 1.44. The van der Waals surface area contributed by atoms with Crippen molar-refractivity contribution in [1.29, 1.82) is 0 Å². The Kier molecular flexibility index (Phi) is 5.17. The number of nitrogens with zero attached hydrogens (tertiary/aromatic N) is 1. The second-order valence-electron chi connectivity index (χ2n) is 10.7. The second kappa shape index (κ2) is 8.55. The number of Topliss-reactive ketones (excluding diaryl/α,β-unsaturated/α-hetero) is 2. The molecule has 5 aromatic carbocycles. The van der Waals surface area contributed by atoms with Gasteiger partial charge in [0, 0.05) is 22.2 Å². The normalized spacial score (nSPS) is 16.8. The monoisotopic (exact) mass is 527 g/mol. The standard InChI is InChI=1S/C35H23F2NO2/c1-35(2)30(17-15-24-33(39)25-18-21-9-3-4-10-22(21)19-26(25)34(24)40)38(32-27(36)12-7-13-28(32)37)29-16-14-20-8-5-6-11-23(20)31(29)35/h3-19H,1-2H3/b30-17+. The fourth-order valence-corrected chi connectivity index (χ4v) is 6.19. The number of hydrogen-bond acceptors (Lipinski definition) is 3. The van der Waals surface area contributed by atoms with Gasteiger partial charge >= 0.3 is 0 Å². The lowest BCUT2D eigenvalue weighted by atomic mass is 9.81. The molecule has 0 saturated carbocycles. The van der Waals surface area contributed by atoms with Crippen LogP contribution in [-0.4, -0.2) is 11.6 Å². The molecule has 0 unspecified atom stereocenters. The third-order valence-electron chi connectivity index (χ3n) is 8.09. The van der Waals surface area contributed by atoms with Gasteiger partial charge < -0.3 is 4.90 Å². The summed E-state index contributed by atoms with van der Waals surface area (Å²) >= 11 is 0. The van der Waals surface area contributed by atoms with Crippen LogP contribution in [-0.2, 0) is 5.41 Å². The lowest BCUT2D eigenvalue weighted by Gasteiger charge is -2.27. The Bertz CT molecular complexity index is 1920. The average molecular weight is 528 g/mol. The van der Waals surface area contributed by atoms with Gasteiger partial charge in [-0.2, -0.15) is 0 Å². The van der Waals surface area contributed by atoms with Crippen LogP contribution in [0.25, 0.3) is 21.5 Å². The Morgan fingerprint density at radius 1 is 0.675 bits per heavy atom. The number of carbonyl (C=O) groups is 2. The highest BCUT2D eigenvalue weighted by atomic mass is 19.1. The topological polar surface area (TPSA) is 37.4 Å². The predicted octanol–water partition coefficient (Wildman–Crippen LogP) is 8.59. The maximum Gasteiger partial charge on any atom is 0.197 e. The first-order valence-electron chi connectivity index (χ1n) is 13.1. The highest BCUT2D eigenvalue weighted by Gasteiger charge is 2.44. The van der Waals surface area contributed by atoms with Crippen LogP contribution in [0.2, 0.25) is 0 Å². The molecule has 0 aromatic heterocycles. The molecule has 0 saturated heterocycles. The van der Waals surface area contributed by atoms with Crippen LogP contribution in [0, 0.1) is 11.6 Å². The third-order valence-corrected chi connectivity index (χ3v) is 8.09. The number of rotatable bonds is 2.